The Morgan fingerprint density at radius 3 is 1.17 bits per heavy atom. The summed E-state index contributed by atoms with van der Waals surface area (Å²) in [5.41, 5.74) is 8.34. The van der Waals surface area contributed by atoms with Gasteiger partial charge in [0, 0.05) is 134 Å². The molecule has 38 nitrogen and oxygen atoms in total. The Hall–Kier alpha value is -16.6. The molecule has 0 radical (unpaired) electrons. The van der Waals surface area contributed by atoms with Crippen LogP contribution in [0.1, 0.15) is 54.4 Å². The molecule has 0 aliphatic rings. The molecule has 0 saturated heterocycles. The number of nitrogens with zero attached hydrogens (tertiary/aromatic N) is 15. The highest BCUT2D eigenvalue weighted by Crippen LogP contribution is 2.28. The second-order valence-electron chi connectivity index (χ2n) is 26.4. The van der Waals surface area contributed by atoms with Crippen molar-refractivity contribution in [2.24, 2.45) is 5.84 Å². The summed E-state index contributed by atoms with van der Waals surface area (Å²) in [5.74, 6) is 1.24. The Kier molecular flexibility index (Phi) is 47.1. The number of hydrogen-bond acceptors (Lipinski definition) is 36. The van der Waals surface area contributed by atoms with E-state index in [1.165, 1.54) is 136 Å². The summed E-state index contributed by atoms with van der Waals surface area (Å²) in [7, 11) is -1.66. The Morgan fingerprint density at radius 1 is 0.427 bits per heavy atom. The highest BCUT2D eigenvalue weighted by molar-refractivity contribution is 9.10. The number of carbonyl (C=O) groups is 5. The molecular formula is C90H76BBrF10N20O18S3. The van der Waals surface area contributed by atoms with Gasteiger partial charge in [-0.25, -0.2) is 55.2 Å². The SMILES string of the molecule is CCOC(=O)C(=O)CNC(=O)c1ccccc1.CCOC(=O)c1nnc(-c2ccccc2)s1.FC(F)Oc1ccc(Br)cn1.NNC(=O)c1ccccc1.O=c1ccc(-c2ccc(OC(F)F)nc2)n[nH]1.O=c1ccc(-c2ccc(OC(F)F)nc2)n[nH]1.O=c1ccc(-c2ccc(OC(F)F)nc2)nn1Cc1nnc(-c2ccccc2)s1.OB(O)c1ccc(OC(F)F)nc1.OCc1nnc(-c2ccccc2)s1. The number of alkyl halides is 10. The molecule has 0 atom stereocenters. The number of Topliss-reactive ketones (excluding diaryl/α,β-unsaturated/α-hetero) is 1. The lowest BCUT2D eigenvalue weighted by atomic mass is 9.82. The maximum Gasteiger partial charge on any atom is 0.490 e. The molecule has 143 heavy (non-hydrogen) atoms. The molecule has 0 bridgehead atoms. The normalized spacial score (nSPS) is 10.3. The molecule has 0 aliphatic carbocycles. The predicted octanol–water partition coefficient (Wildman–Crippen LogP) is 13.1. The van der Waals surface area contributed by atoms with E-state index in [2.05, 4.69) is 131 Å². The van der Waals surface area contributed by atoms with Gasteiger partial charge in [0.2, 0.25) is 34.4 Å². The van der Waals surface area contributed by atoms with Gasteiger partial charge in [-0.05, 0) is 96.5 Å². The van der Waals surface area contributed by atoms with Crippen molar-refractivity contribution in [2.75, 3.05) is 19.8 Å². The van der Waals surface area contributed by atoms with Crippen LogP contribution in [0.2, 0.25) is 0 Å². The molecule has 9 N–H and O–H groups in total. The van der Waals surface area contributed by atoms with Crippen molar-refractivity contribution < 1.29 is 116 Å². The average Bonchev–Trinajstić information content (AvgIpc) is 1.80. The fraction of sp³-hybridized carbons (Fsp3) is 0.133. The molecule has 16 rings (SSSR count). The average molecular weight is 2100 g/mol. The summed E-state index contributed by atoms with van der Waals surface area (Å²) in [4.78, 5) is 108. The summed E-state index contributed by atoms with van der Waals surface area (Å²) in [6, 6.07) is 68.6. The molecule has 0 fully saturated rings. The molecule has 0 spiro atoms. The minimum atomic E-state index is -2.94. The third-order valence-electron chi connectivity index (χ3n) is 16.5. The zero-order valence-corrected chi connectivity index (χ0v) is 77.7. The lowest BCUT2D eigenvalue weighted by Gasteiger charge is -2.06. The smallest absolute Gasteiger partial charge is 0.461 e. The van der Waals surface area contributed by atoms with Crippen LogP contribution in [0.3, 0.4) is 0 Å². The van der Waals surface area contributed by atoms with Crippen LogP contribution in [0.15, 0.2) is 299 Å². The number of hydrazine groups is 1. The maximum absolute atomic E-state index is 12.2. The predicted molar refractivity (Wildman–Crippen MR) is 503 cm³/mol. The minimum absolute atomic E-state index is 0.0372. The monoisotopic (exact) mass is 2100 g/mol. The highest BCUT2D eigenvalue weighted by atomic mass is 79.9. The summed E-state index contributed by atoms with van der Waals surface area (Å²) in [5, 5.41) is 72.6. The number of aliphatic hydroxyl groups excluding tert-OH is 1. The molecule has 0 saturated carbocycles. The van der Waals surface area contributed by atoms with Crippen LogP contribution in [0.4, 0.5) is 43.9 Å². The Balaban J connectivity index is 0.000000200. The number of nitrogens with one attached hydrogen (secondary N) is 4. The molecular weight excluding hydrogens is 2030 g/mol. The van der Waals surface area contributed by atoms with Crippen LogP contribution < -0.4 is 62.4 Å². The van der Waals surface area contributed by atoms with Crippen molar-refractivity contribution in [1.29, 1.82) is 0 Å². The first-order valence-corrected chi connectivity index (χ1v) is 43.9. The fourth-order valence-corrected chi connectivity index (χ4v) is 12.7. The van der Waals surface area contributed by atoms with Crippen molar-refractivity contribution in [1.82, 2.24) is 96.4 Å². The highest BCUT2D eigenvalue weighted by Gasteiger charge is 2.20. The molecule has 11 heterocycles. The third-order valence-corrected chi connectivity index (χ3v) is 19.9. The number of pyridine rings is 5. The molecule has 53 heteroatoms. The number of esters is 2. The second kappa shape index (κ2) is 60.3. The number of ketones is 1. The van der Waals surface area contributed by atoms with E-state index in [1.807, 2.05) is 102 Å². The first kappa shape index (κ1) is 112. The van der Waals surface area contributed by atoms with E-state index in [0.29, 0.717) is 66.5 Å². The van der Waals surface area contributed by atoms with Crippen molar-refractivity contribution in [3.05, 3.63) is 341 Å². The zero-order valence-electron chi connectivity index (χ0n) is 73.7. The molecule has 742 valence electrons. The summed E-state index contributed by atoms with van der Waals surface area (Å²) < 4.78 is 150. The van der Waals surface area contributed by atoms with Crippen molar-refractivity contribution in [2.45, 2.75) is 60.1 Å². The van der Waals surface area contributed by atoms with E-state index in [4.69, 9.17) is 25.7 Å². The largest absolute Gasteiger partial charge is 0.490 e. The van der Waals surface area contributed by atoms with E-state index >= 15 is 0 Å². The molecule has 0 unspecified atom stereocenters. The number of H-pyrrole nitrogens is 2. The van der Waals surface area contributed by atoms with Gasteiger partial charge in [-0.15, -0.1) is 30.6 Å². The quantitative estimate of drug-likeness (QED) is 0.00429. The van der Waals surface area contributed by atoms with Gasteiger partial charge in [0.05, 0.1) is 50.0 Å². The van der Waals surface area contributed by atoms with E-state index in [0.717, 1.165) is 48.4 Å². The number of aromatic amines is 2. The number of nitrogen functional groups attached to an aromatic ring is 1. The van der Waals surface area contributed by atoms with E-state index in [1.54, 1.807) is 86.6 Å². The standard InChI is InChI=1S/C19H13F2N5O2S.C12H13NO4.C11H10N2O2S.2C10H7F2N3O2.C9H8N2OS.C7H8N2O.C6H6BF2NO3.C6H4BrF2NO/c20-19(21)28-15-8-6-13(10-22-15)14-7-9-17(27)26(25-14)11-16-23-24-18(29-16)12-4-2-1-3-5-12;1-2-17-12(16)10(14)8-13-11(15)9-6-4-3-5-7-9;1-2-15-11(14)10-13-12-9(16-10)8-6-4-3-5-7-8;2*11-10(12)17-9-4-1-6(5-13-9)7-2-3-8(16)15-14-7;12-6-8-10-11-9(13-8)7-4-2-1-3-5-7;8-9-7(10)6-4-2-1-3-5-6;8-6(9)13-5-2-1-4(3-10-5)7(11)12;7-4-1-2-5(10-3-4)11-6(8)9/h1-10,19H,11H2;3-7H,2,8H2,1H3,(H,13,15);3-7H,2H2,1H3;2*1-5,10H,(H,15,16);1-5,12H,6H2;1-5H,8H2,(H,9,10);1-3,6,11-12H;1-3,6H. The van der Waals surface area contributed by atoms with Crippen LogP contribution in [0, 0.1) is 0 Å². The van der Waals surface area contributed by atoms with Gasteiger partial charge in [0.25, 0.3) is 34.3 Å². The first-order chi connectivity index (χ1) is 68.8. The zero-order chi connectivity index (χ0) is 103. The van der Waals surface area contributed by atoms with E-state index in [9.17, 15) is 82.3 Å². The second-order valence-corrected chi connectivity index (χ2v) is 30.4. The van der Waals surface area contributed by atoms with E-state index in [-0.39, 0.29) is 83.8 Å². The lowest BCUT2D eigenvalue weighted by molar-refractivity contribution is -0.153. The van der Waals surface area contributed by atoms with Crippen molar-refractivity contribution in [3.63, 3.8) is 0 Å². The van der Waals surface area contributed by atoms with Gasteiger partial charge in [0.1, 0.15) is 25.0 Å². The number of hydrogen-bond donors (Lipinski definition) is 8. The number of halogens is 11. The molecule has 5 aromatic carbocycles. The molecule has 2 amide bonds. The number of aromatic nitrogens is 17. The topological polar surface area (TPSA) is 529 Å². The summed E-state index contributed by atoms with van der Waals surface area (Å²) in [6.45, 7) is -10.9. The number of amides is 2. The number of benzene rings is 5. The van der Waals surface area contributed by atoms with Crippen LogP contribution in [-0.4, -0.2) is 190 Å². The van der Waals surface area contributed by atoms with Crippen LogP contribution in [-0.2, 0) is 32.2 Å². The maximum atomic E-state index is 12.2. The minimum Gasteiger partial charge on any atom is -0.461 e. The van der Waals surface area contributed by atoms with Crippen LogP contribution >= 0.6 is 49.9 Å². The van der Waals surface area contributed by atoms with Gasteiger partial charge in [-0.2, -0.15) is 59.2 Å². The first-order valence-electron chi connectivity index (χ1n) is 40.6. The number of ether oxygens (including phenoxy) is 7. The number of aliphatic hydroxyl groups is 1. The van der Waals surface area contributed by atoms with Gasteiger partial charge in [0.15, 0.2) is 0 Å². The van der Waals surface area contributed by atoms with Gasteiger partial charge >= 0.3 is 52.1 Å². The van der Waals surface area contributed by atoms with Crippen LogP contribution in [0.5, 0.6) is 29.4 Å². The third kappa shape index (κ3) is 40.8. The van der Waals surface area contributed by atoms with Gasteiger partial charge < -0.3 is 53.6 Å². The van der Waals surface area contributed by atoms with E-state index < -0.39 is 63.8 Å². The Labute approximate surface area is 822 Å². The number of rotatable bonds is 28. The molecule has 16 aromatic rings. The molecule has 11 aromatic heterocycles. The molecule has 0 aliphatic heterocycles. The Morgan fingerprint density at radius 2 is 0.804 bits per heavy atom. The Bertz CT molecular complexity index is 6600. The van der Waals surface area contributed by atoms with Gasteiger partial charge in [-0.3, -0.25) is 34.2 Å². The lowest BCUT2D eigenvalue weighted by Crippen LogP contribution is -2.34. The number of carbonyl (C=O) groups excluding carboxylic acids is 5. The van der Waals surface area contributed by atoms with Gasteiger partial charge in [-0.1, -0.05) is 167 Å². The number of nitrogens with two attached hydrogens (primary N) is 1. The van der Waals surface area contributed by atoms with Crippen molar-refractivity contribution in [3.8, 4) is 94.9 Å². The van der Waals surface area contributed by atoms with Crippen LogP contribution in [0.25, 0.3) is 65.5 Å². The fourth-order valence-electron chi connectivity index (χ4n) is 10.2. The summed E-state index contributed by atoms with van der Waals surface area (Å²) >= 11 is 7.13. The van der Waals surface area contributed by atoms with Crippen molar-refractivity contribution >= 4 is 92.1 Å². The summed E-state index contributed by atoms with van der Waals surface area (Å²) in [6.07, 6.45) is 6.45.